The number of rotatable bonds is 5. The van der Waals surface area contributed by atoms with Gasteiger partial charge < -0.3 is 5.73 Å². The number of nitrogens with two attached hydrogens (primary N) is 1. The van der Waals surface area contributed by atoms with Gasteiger partial charge in [-0.1, -0.05) is 36.7 Å². The summed E-state index contributed by atoms with van der Waals surface area (Å²) in [5.74, 6) is 0. The molecule has 2 N–H and O–H groups in total. The smallest absolute Gasteiger partial charge is 0.0487 e. The molecule has 3 heteroatoms. The minimum atomic E-state index is 0.114. The third-order valence-corrected chi connectivity index (χ3v) is 4.12. The predicted octanol–water partition coefficient (Wildman–Crippen LogP) is 3.46. The van der Waals surface area contributed by atoms with Crippen molar-refractivity contribution in [3.63, 3.8) is 0 Å². The second-order valence-corrected chi connectivity index (χ2v) is 5.46. The average molecular weight is 255 g/mol. The van der Waals surface area contributed by atoms with Crippen molar-refractivity contribution in [3.8, 4) is 0 Å². The molecule has 0 aliphatic carbocycles. The summed E-state index contributed by atoms with van der Waals surface area (Å²) < 4.78 is 0. The Kier molecular flexibility index (Phi) is 4.99. The Labute approximate surface area is 110 Å². The molecule has 1 rings (SSSR count). The van der Waals surface area contributed by atoms with Crippen LogP contribution in [0.3, 0.4) is 0 Å². The third-order valence-electron chi connectivity index (χ3n) is 3.78. The van der Waals surface area contributed by atoms with Crippen LogP contribution in [-0.4, -0.2) is 24.0 Å². The summed E-state index contributed by atoms with van der Waals surface area (Å²) in [6.45, 7) is 7.22. The zero-order chi connectivity index (χ0) is 13.1. The maximum atomic E-state index is 6.25. The predicted molar refractivity (Wildman–Crippen MR) is 75.4 cm³/mol. The SMILES string of the molecule is CCC(C)(C)N(C)C(CN)c1ccccc1Cl. The molecule has 1 aromatic carbocycles. The van der Waals surface area contributed by atoms with E-state index >= 15 is 0 Å². The van der Waals surface area contributed by atoms with E-state index in [9.17, 15) is 0 Å². The Morgan fingerprint density at radius 1 is 1.35 bits per heavy atom. The van der Waals surface area contributed by atoms with E-state index in [0.717, 1.165) is 17.0 Å². The van der Waals surface area contributed by atoms with Crippen LogP contribution in [0, 0.1) is 0 Å². The van der Waals surface area contributed by atoms with Crippen LogP contribution in [0.5, 0.6) is 0 Å². The first kappa shape index (κ1) is 14.5. The van der Waals surface area contributed by atoms with Crippen molar-refractivity contribution < 1.29 is 0 Å². The number of hydrogen-bond donors (Lipinski definition) is 1. The Morgan fingerprint density at radius 3 is 2.41 bits per heavy atom. The summed E-state index contributed by atoms with van der Waals surface area (Å²) in [6, 6.07) is 8.11. The molecular weight excluding hydrogens is 232 g/mol. The number of benzene rings is 1. The Balaban J connectivity index is 3.04. The molecule has 0 heterocycles. The normalized spacial score (nSPS) is 14.1. The van der Waals surface area contributed by atoms with Gasteiger partial charge in [0, 0.05) is 23.1 Å². The Bertz CT molecular complexity index is 363. The molecule has 96 valence electrons. The standard InChI is InChI=1S/C14H23ClN2/c1-5-14(2,3)17(4)13(10-16)11-8-6-7-9-12(11)15/h6-9,13H,5,10,16H2,1-4H3. The first-order valence-corrected chi connectivity index (χ1v) is 6.49. The van der Waals surface area contributed by atoms with E-state index in [4.69, 9.17) is 17.3 Å². The quantitative estimate of drug-likeness (QED) is 0.872. The topological polar surface area (TPSA) is 29.3 Å². The number of likely N-dealkylation sites (N-methyl/N-ethyl adjacent to an activating group) is 1. The number of halogens is 1. The largest absolute Gasteiger partial charge is 0.329 e. The van der Waals surface area contributed by atoms with Crippen molar-refractivity contribution in [3.05, 3.63) is 34.9 Å². The molecule has 1 unspecified atom stereocenters. The molecule has 0 aromatic heterocycles. The molecular formula is C14H23ClN2. The monoisotopic (exact) mass is 254 g/mol. The molecule has 1 atom stereocenters. The molecule has 0 fully saturated rings. The van der Waals surface area contributed by atoms with Gasteiger partial charge in [0.1, 0.15) is 0 Å². The zero-order valence-electron chi connectivity index (χ0n) is 11.2. The van der Waals surface area contributed by atoms with Gasteiger partial charge in [-0.3, -0.25) is 4.90 Å². The average Bonchev–Trinajstić information content (AvgIpc) is 2.32. The maximum absolute atomic E-state index is 6.25. The Hall–Kier alpha value is -0.570. The second kappa shape index (κ2) is 5.85. The lowest BCUT2D eigenvalue weighted by Gasteiger charge is -2.40. The summed E-state index contributed by atoms with van der Waals surface area (Å²) in [5, 5.41) is 0.793. The third kappa shape index (κ3) is 3.21. The van der Waals surface area contributed by atoms with E-state index in [1.165, 1.54) is 0 Å². The molecule has 0 amide bonds. The lowest BCUT2D eigenvalue weighted by Crippen LogP contribution is -2.45. The van der Waals surface area contributed by atoms with Crippen LogP contribution in [0.15, 0.2) is 24.3 Å². The molecule has 0 radical (unpaired) electrons. The van der Waals surface area contributed by atoms with E-state index in [0.29, 0.717) is 6.54 Å². The fourth-order valence-electron chi connectivity index (χ4n) is 1.91. The molecule has 17 heavy (non-hydrogen) atoms. The fraction of sp³-hybridized carbons (Fsp3) is 0.571. The van der Waals surface area contributed by atoms with Crippen LogP contribution >= 0.6 is 11.6 Å². The van der Waals surface area contributed by atoms with E-state index in [-0.39, 0.29) is 11.6 Å². The molecule has 0 aliphatic rings. The molecule has 0 saturated carbocycles. The van der Waals surface area contributed by atoms with Gasteiger partial charge in [-0.05, 0) is 38.9 Å². The van der Waals surface area contributed by atoms with E-state index in [1.807, 2.05) is 18.2 Å². The van der Waals surface area contributed by atoms with Crippen molar-refractivity contribution in [2.45, 2.75) is 38.8 Å². The van der Waals surface area contributed by atoms with Crippen molar-refractivity contribution in [2.75, 3.05) is 13.6 Å². The van der Waals surface area contributed by atoms with Gasteiger partial charge in [-0.15, -0.1) is 0 Å². The molecule has 0 saturated heterocycles. The lowest BCUT2D eigenvalue weighted by molar-refractivity contribution is 0.101. The maximum Gasteiger partial charge on any atom is 0.0487 e. The van der Waals surface area contributed by atoms with Crippen molar-refractivity contribution in [1.29, 1.82) is 0 Å². The summed E-state index contributed by atoms with van der Waals surface area (Å²) in [5.41, 5.74) is 7.15. The van der Waals surface area contributed by atoms with Gasteiger partial charge >= 0.3 is 0 Å². The van der Waals surface area contributed by atoms with Gasteiger partial charge in [0.25, 0.3) is 0 Å². The van der Waals surface area contributed by atoms with Gasteiger partial charge in [0.15, 0.2) is 0 Å². The highest BCUT2D eigenvalue weighted by molar-refractivity contribution is 6.31. The first-order chi connectivity index (χ1) is 7.94. The van der Waals surface area contributed by atoms with Gasteiger partial charge in [0.2, 0.25) is 0 Å². The van der Waals surface area contributed by atoms with Crippen LogP contribution in [0.4, 0.5) is 0 Å². The molecule has 1 aromatic rings. The fourth-order valence-corrected chi connectivity index (χ4v) is 2.17. The molecule has 0 bridgehead atoms. The van der Waals surface area contributed by atoms with Crippen LogP contribution in [0.25, 0.3) is 0 Å². The highest BCUT2D eigenvalue weighted by atomic mass is 35.5. The lowest BCUT2D eigenvalue weighted by atomic mass is 9.95. The van der Waals surface area contributed by atoms with Crippen LogP contribution in [-0.2, 0) is 0 Å². The van der Waals surface area contributed by atoms with Crippen LogP contribution < -0.4 is 5.73 Å². The van der Waals surface area contributed by atoms with Gasteiger partial charge in [0.05, 0.1) is 0 Å². The van der Waals surface area contributed by atoms with E-state index in [1.54, 1.807) is 0 Å². The van der Waals surface area contributed by atoms with Crippen molar-refractivity contribution in [2.24, 2.45) is 5.73 Å². The highest BCUT2D eigenvalue weighted by Crippen LogP contribution is 2.31. The number of nitrogens with zero attached hydrogens (tertiary/aromatic N) is 1. The Morgan fingerprint density at radius 2 is 1.94 bits per heavy atom. The molecule has 2 nitrogen and oxygen atoms in total. The minimum absolute atomic E-state index is 0.114. The van der Waals surface area contributed by atoms with Gasteiger partial charge in [-0.2, -0.15) is 0 Å². The first-order valence-electron chi connectivity index (χ1n) is 6.11. The van der Waals surface area contributed by atoms with Crippen molar-refractivity contribution >= 4 is 11.6 Å². The van der Waals surface area contributed by atoms with E-state index in [2.05, 4.69) is 38.8 Å². The van der Waals surface area contributed by atoms with Crippen LogP contribution in [0.2, 0.25) is 5.02 Å². The second-order valence-electron chi connectivity index (χ2n) is 5.05. The molecule has 0 aliphatic heterocycles. The van der Waals surface area contributed by atoms with Gasteiger partial charge in [-0.25, -0.2) is 0 Å². The van der Waals surface area contributed by atoms with E-state index < -0.39 is 0 Å². The summed E-state index contributed by atoms with van der Waals surface area (Å²) in [4.78, 5) is 2.31. The minimum Gasteiger partial charge on any atom is -0.329 e. The summed E-state index contributed by atoms with van der Waals surface area (Å²) in [6.07, 6.45) is 1.07. The molecule has 0 spiro atoms. The highest BCUT2D eigenvalue weighted by Gasteiger charge is 2.28. The van der Waals surface area contributed by atoms with Crippen molar-refractivity contribution in [1.82, 2.24) is 4.90 Å². The summed E-state index contributed by atoms with van der Waals surface area (Å²) in [7, 11) is 2.12. The number of hydrogen-bond acceptors (Lipinski definition) is 2. The summed E-state index contributed by atoms with van der Waals surface area (Å²) >= 11 is 6.25. The van der Waals surface area contributed by atoms with Crippen LogP contribution in [0.1, 0.15) is 38.8 Å². The zero-order valence-corrected chi connectivity index (χ0v) is 12.0.